The van der Waals surface area contributed by atoms with Gasteiger partial charge in [0.25, 0.3) is 0 Å². The van der Waals surface area contributed by atoms with Crippen LogP contribution in [0.2, 0.25) is 0 Å². The van der Waals surface area contributed by atoms with Crippen LogP contribution in [-0.2, 0) is 12.8 Å². The predicted octanol–water partition coefficient (Wildman–Crippen LogP) is 2.76. The lowest BCUT2D eigenvalue weighted by Gasteiger charge is -1.93. The summed E-state index contributed by atoms with van der Waals surface area (Å²) in [7, 11) is 0. The molecule has 5 heteroatoms. The van der Waals surface area contributed by atoms with E-state index in [1.165, 1.54) is 33.9 Å². The van der Waals surface area contributed by atoms with E-state index in [1.807, 2.05) is 6.07 Å². The van der Waals surface area contributed by atoms with E-state index < -0.39 is 5.97 Å². The van der Waals surface area contributed by atoms with Crippen LogP contribution >= 0.6 is 11.3 Å². The Hall–Kier alpha value is -1.88. The third-order valence-electron chi connectivity index (χ3n) is 3.01. The summed E-state index contributed by atoms with van der Waals surface area (Å²) in [4.78, 5) is 24.7. The molecular weight excluding hydrogens is 252 g/mol. The van der Waals surface area contributed by atoms with Gasteiger partial charge in [-0.2, -0.15) is 0 Å². The maximum atomic E-state index is 12.1. The molecule has 0 saturated carbocycles. The number of carboxylic acid groups (broad SMARTS) is 1. The van der Waals surface area contributed by atoms with Crippen molar-refractivity contribution in [3.63, 3.8) is 0 Å². The van der Waals surface area contributed by atoms with E-state index in [9.17, 15) is 9.59 Å². The van der Waals surface area contributed by atoms with E-state index in [0.29, 0.717) is 4.88 Å². The molecule has 1 aliphatic rings. The molecule has 0 saturated heterocycles. The molecule has 0 fully saturated rings. The Balaban J connectivity index is 1.91. The van der Waals surface area contributed by atoms with Crippen molar-refractivity contribution in [2.45, 2.75) is 19.3 Å². The molecule has 0 atom stereocenters. The van der Waals surface area contributed by atoms with E-state index in [0.717, 1.165) is 19.3 Å². The van der Waals surface area contributed by atoms with E-state index in [4.69, 9.17) is 9.52 Å². The Bertz CT molecular complexity index is 614. The minimum Gasteiger partial charge on any atom is -0.475 e. The van der Waals surface area contributed by atoms with Crippen molar-refractivity contribution < 1.29 is 19.1 Å². The predicted molar refractivity (Wildman–Crippen MR) is 65.4 cm³/mol. The SMILES string of the molecule is O=C(O)c1ccc(C(=O)c2cc3c(s2)CCC3)o1. The highest BCUT2D eigenvalue weighted by Crippen LogP contribution is 2.32. The van der Waals surface area contributed by atoms with Crippen molar-refractivity contribution in [3.8, 4) is 0 Å². The van der Waals surface area contributed by atoms with Gasteiger partial charge in [-0.1, -0.05) is 0 Å². The van der Waals surface area contributed by atoms with Crippen molar-refractivity contribution in [2.75, 3.05) is 0 Å². The zero-order valence-corrected chi connectivity index (χ0v) is 10.3. The van der Waals surface area contributed by atoms with Crippen LogP contribution in [0.25, 0.3) is 0 Å². The Morgan fingerprint density at radius 3 is 2.67 bits per heavy atom. The second kappa shape index (κ2) is 4.10. The quantitative estimate of drug-likeness (QED) is 0.864. The molecule has 4 nitrogen and oxygen atoms in total. The van der Waals surface area contributed by atoms with Gasteiger partial charge in [-0.15, -0.1) is 11.3 Å². The van der Waals surface area contributed by atoms with Gasteiger partial charge in [-0.3, -0.25) is 4.79 Å². The topological polar surface area (TPSA) is 67.5 Å². The number of fused-ring (bicyclic) bond motifs is 1. The molecular formula is C13H10O4S. The van der Waals surface area contributed by atoms with Crippen molar-refractivity contribution in [1.29, 1.82) is 0 Å². The highest BCUT2D eigenvalue weighted by Gasteiger charge is 2.22. The summed E-state index contributed by atoms with van der Waals surface area (Å²) in [5, 5.41) is 8.74. The maximum Gasteiger partial charge on any atom is 0.371 e. The largest absolute Gasteiger partial charge is 0.475 e. The van der Waals surface area contributed by atoms with E-state index in [2.05, 4.69) is 0 Å². The first-order chi connectivity index (χ1) is 8.65. The van der Waals surface area contributed by atoms with Crippen molar-refractivity contribution in [2.24, 2.45) is 0 Å². The monoisotopic (exact) mass is 262 g/mol. The molecule has 0 bridgehead atoms. The van der Waals surface area contributed by atoms with Crippen LogP contribution in [-0.4, -0.2) is 16.9 Å². The van der Waals surface area contributed by atoms with Gasteiger partial charge in [-0.05, 0) is 43.0 Å². The number of aromatic carboxylic acids is 1. The molecule has 0 spiro atoms. The van der Waals surface area contributed by atoms with Crippen LogP contribution in [0, 0.1) is 0 Å². The first-order valence-corrected chi connectivity index (χ1v) is 6.46. The fraction of sp³-hybridized carbons (Fsp3) is 0.231. The number of aryl methyl sites for hydroxylation is 2. The fourth-order valence-corrected chi connectivity index (χ4v) is 3.34. The Morgan fingerprint density at radius 1 is 1.22 bits per heavy atom. The van der Waals surface area contributed by atoms with Crippen LogP contribution in [0.1, 0.15) is 42.8 Å². The van der Waals surface area contributed by atoms with Gasteiger partial charge in [0.05, 0.1) is 4.88 Å². The second-order valence-corrected chi connectivity index (χ2v) is 5.35. The summed E-state index contributed by atoms with van der Waals surface area (Å²) in [6, 6.07) is 4.62. The average Bonchev–Trinajstić information content (AvgIpc) is 3.02. The molecule has 2 aromatic rings. The fourth-order valence-electron chi connectivity index (χ4n) is 2.14. The number of hydrogen-bond donors (Lipinski definition) is 1. The number of thiophene rings is 1. The first-order valence-electron chi connectivity index (χ1n) is 5.64. The molecule has 0 aliphatic heterocycles. The number of ketones is 1. The Morgan fingerprint density at radius 2 is 2.00 bits per heavy atom. The Labute approximate surface area is 107 Å². The number of carboxylic acids is 1. The number of carbonyl (C=O) groups excluding carboxylic acids is 1. The van der Waals surface area contributed by atoms with Crippen LogP contribution in [0.4, 0.5) is 0 Å². The van der Waals surface area contributed by atoms with Gasteiger partial charge in [0.1, 0.15) is 0 Å². The highest BCUT2D eigenvalue weighted by atomic mass is 32.1. The summed E-state index contributed by atoms with van der Waals surface area (Å²) in [5.74, 6) is -1.51. The molecule has 1 aliphatic carbocycles. The molecule has 0 amide bonds. The molecule has 3 rings (SSSR count). The minimum atomic E-state index is -1.16. The van der Waals surface area contributed by atoms with Gasteiger partial charge in [0.2, 0.25) is 11.5 Å². The van der Waals surface area contributed by atoms with Crippen LogP contribution in [0.3, 0.4) is 0 Å². The summed E-state index contributed by atoms with van der Waals surface area (Å²) in [6.07, 6.45) is 3.21. The van der Waals surface area contributed by atoms with Gasteiger partial charge in [0.15, 0.2) is 5.76 Å². The van der Waals surface area contributed by atoms with Gasteiger partial charge < -0.3 is 9.52 Å². The molecule has 92 valence electrons. The van der Waals surface area contributed by atoms with Gasteiger partial charge >= 0.3 is 5.97 Å². The first kappa shape index (κ1) is 11.2. The molecule has 2 heterocycles. The van der Waals surface area contributed by atoms with Crippen molar-refractivity contribution >= 4 is 23.1 Å². The van der Waals surface area contributed by atoms with Crippen molar-refractivity contribution in [3.05, 3.63) is 45.0 Å². The summed E-state index contributed by atoms with van der Waals surface area (Å²) < 4.78 is 5.02. The summed E-state index contributed by atoms with van der Waals surface area (Å²) in [6.45, 7) is 0. The number of hydrogen-bond acceptors (Lipinski definition) is 4. The Kier molecular flexibility index (Phi) is 2.56. The lowest BCUT2D eigenvalue weighted by Crippen LogP contribution is -1.97. The smallest absolute Gasteiger partial charge is 0.371 e. The normalized spacial score (nSPS) is 13.6. The average molecular weight is 262 g/mol. The second-order valence-electron chi connectivity index (χ2n) is 4.21. The summed E-state index contributed by atoms with van der Waals surface area (Å²) >= 11 is 1.49. The molecule has 18 heavy (non-hydrogen) atoms. The maximum absolute atomic E-state index is 12.1. The lowest BCUT2D eigenvalue weighted by molar-refractivity contribution is 0.0660. The molecule has 0 unspecified atom stereocenters. The minimum absolute atomic E-state index is 0.0901. The molecule has 0 aromatic carbocycles. The number of rotatable bonds is 3. The van der Waals surface area contributed by atoms with E-state index in [-0.39, 0.29) is 17.3 Å². The van der Waals surface area contributed by atoms with E-state index >= 15 is 0 Å². The van der Waals surface area contributed by atoms with E-state index in [1.54, 1.807) is 0 Å². The molecule has 2 aromatic heterocycles. The zero-order chi connectivity index (χ0) is 12.7. The van der Waals surface area contributed by atoms with Gasteiger partial charge in [0, 0.05) is 4.88 Å². The zero-order valence-electron chi connectivity index (χ0n) is 9.43. The van der Waals surface area contributed by atoms with Crippen LogP contribution in [0.15, 0.2) is 22.6 Å². The third kappa shape index (κ3) is 1.76. The highest BCUT2D eigenvalue weighted by molar-refractivity contribution is 7.14. The number of furan rings is 1. The standard InChI is InChI=1S/C13H10O4S/c14-12(8-4-5-9(17-8)13(15)16)11-6-7-2-1-3-10(7)18-11/h4-6H,1-3H2,(H,15,16). The summed E-state index contributed by atoms with van der Waals surface area (Å²) in [5.41, 5.74) is 1.24. The number of carbonyl (C=O) groups is 2. The van der Waals surface area contributed by atoms with Crippen molar-refractivity contribution in [1.82, 2.24) is 0 Å². The van der Waals surface area contributed by atoms with Crippen LogP contribution in [0.5, 0.6) is 0 Å². The van der Waals surface area contributed by atoms with Gasteiger partial charge in [-0.25, -0.2) is 4.79 Å². The third-order valence-corrected chi connectivity index (χ3v) is 4.25. The lowest BCUT2D eigenvalue weighted by atomic mass is 10.2. The van der Waals surface area contributed by atoms with Crippen LogP contribution < -0.4 is 0 Å². The molecule has 1 N–H and O–H groups in total. The molecule has 0 radical (unpaired) electrons.